The number of thioether (sulfide) groups is 6. The van der Waals surface area contributed by atoms with Crippen LogP contribution in [-0.4, -0.2) is 54.2 Å². The van der Waals surface area contributed by atoms with Crippen LogP contribution in [0, 0.1) is 47.3 Å². The van der Waals surface area contributed by atoms with Gasteiger partial charge in [-0.15, -0.1) is 47.0 Å². The molecule has 1 aliphatic heterocycles. The maximum atomic E-state index is 2.46. The Balaban J connectivity index is 0.999. The van der Waals surface area contributed by atoms with E-state index in [1.165, 1.54) is 46.0 Å². The summed E-state index contributed by atoms with van der Waals surface area (Å²) in [5.41, 5.74) is 0. The molecule has 1 saturated heterocycles. The normalized spacial score (nSPS) is 53.6. The molecule has 0 atom stereocenters. The highest BCUT2D eigenvalue weighted by atomic mass is 32.2. The van der Waals surface area contributed by atoms with Gasteiger partial charge < -0.3 is 0 Å². The van der Waals surface area contributed by atoms with Crippen LogP contribution in [0.25, 0.3) is 0 Å². The van der Waals surface area contributed by atoms with Gasteiger partial charge in [-0.3, -0.25) is 0 Å². The van der Waals surface area contributed by atoms with Crippen molar-refractivity contribution in [1.29, 1.82) is 0 Å². The van der Waals surface area contributed by atoms with E-state index < -0.39 is 0 Å². The van der Waals surface area contributed by atoms with Crippen molar-refractivity contribution < 1.29 is 0 Å². The van der Waals surface area contributed by atoms with E-state index in [0.29, 0.717) is 8.16 Å². The summed E-state index contributed by atoms with van der Waals surface area (Å²) < 4.78 is 1.19. The van der Waals surface area contributed by atoms with E-state index in [9.17, 15) is 0 Å². The standard InChI is InChI=1S/C28H44S6/c1-5-31-27(23-11-19-9-20(13-23)14-24(27)12-19)33-7-3-30-4-8-34-28(32-6-2-29-1)25-15-21-10-22(17-25)18-26(28)16-21/h19-26H,1-18H2. The van der Waals surface area contributed by atoms with Gasteiger partial charge in [-0.05, 0) is 112 Å². The summed E-state index contributed by atoms with van der Waals surface area (Å²) in [6, 6.07) is 0. The molecule has 2 spiro atoms. The van der Waals surface area contributed by atoms with Crippen molar-refractivity contribution in [3.63, 3.8) is 0 Å². The lowest BCUT2D eigenvalue weighted by Crippen LogP contribution is -2.54. The van der Waals surface area contributed by atoms with Gasteiger partial charge in [-0.2, -0.15) is 23.5 Å². The topological polar surface area (TPSA) is 0 Å². The summed E-state index contributed by atoms with van der Waals surface area (Å²) in [6.45, 7) is 0. The molecule has 8 aliphatic carbocycles. The second-order valence-electron chi connectivity index (χ2n) is 12.7. The zero-order chi connectivity index (χ0) is 22.6. The number of hydrogen-bond donors (Lipinski definition) is 0. The van der Waals surface area contributed by atoms with Crippen molar-refractivity contribution >= 4 is 70.6 Å². The molecule has 0 radical (unpaired) electrons. The summed E-state index contributed by atoms with van der Waals surface area (Å²) in [7, 11) is 0. The van der Waals surface area contributed by atoms with E-state index in [4.69, 9.17) is 0 Å². The zero-order valence-corrected chi connectivity index (χ0v) is 25.7. The molecule has 0 amide bonds. The average Bonchev–Trinajstić information content (AvgIpc) is 2.81. The van der Waals surface area contributed by atoms with Crippen LogP contribution in [0.5, 0.6) is 0 Å². The van der Waals surface area contributed by atoms with Crippen LogP contribution in [0.15, 0.2) is 0 Å². The molecule has 9 fully saturated rings. The molecule has 0 aromatic carbocycles. The molecule has 34 heavy (non-hydrogen) atoms. The first kappa shape index (κ1) is 25.1. The van der Waals surface area contributed by atoms with Gasteiger partial charge in [0.25, 0.3) is 0 Å². The second-order valence-corrected chi connectivity index (χ2v) is 21.1. The first-order valence-electron chi connectivity index (χ1n) is 14.4. The fourth-order valence-corrected chi connectivity index (χ4v) is 19.9. The molecule has 8 saturated carbocycles. The average molecular weight is 573 g/mol. The monoisotopic (exact) mass is 572 g/mol. The molecule has 0 nitrogen and oxygen atoms in total. The van der Waals surface area contributed by atoms with Gasteiger partial charge in [-0.1, -0.05) is 0 Å². The van der Waals surface area contributed by atoms with Crippen molar-refractivity contribution in [2.45, 2.75) is 72.4 Å². The van der Waals surface area contributed by atoms with Crippen LogP contribution in [0.3, 0.4) is 0 Å². The molecule has 1 heterocycles. The molecular formula is C28H44S6. The molecule has 192 valence electrons. The second kappa shape index (κ2) is 10.6. The van der Waals surface area contributed by atoms with E-state index in [1.54, 1.807) is 64.2 Å². The molecule has 0 aromatic rings. The minimum atomic E-state index is 0.597. The Hall–Kier alpha value is 2.10. The zero-order valence-electron chi connectivity index (χ0n) is 20.8. The fraction of sp³-hybridized carbons (Fsp3) is 1.00. The van der Waals surface area contributed by atoms with E-state index >= 15 is 0 Å². The fourth-order valence-electron chi connectivity index (χ4n) is 9.95. The summed E-state index contributed by atoms with van der Waals surface area (Å²) >= 11 is 14.4. The highest BCUT2D eigenvalue weighted by Gasteiger charge is 2.58. The summed E-state index contributed by atoms with van der Waals surface area (Å²) in [5.74, 6) is 19.8. The molecular weight excluding hydrogens is 529 g/mol. The summed E-state index contributed by atoms with van der Waals surface area (Å²) in [4.78, 5) is 0. The largest absolute Gasteiger partial charge is 0.160 e. The Morgan fingerprint density at radius 1 is 0.324 bits per heavy atom. The van der Waals surface area contributed by atoms with Gasteiger partial charge in [0.2, 0.25) is 0 Å². The van der Waals surface area contributed by atoms with Crippen molar-refractivity contribution in [2.75, 3.05) is 46.0 Å². The summed E-state index contributed by atoms with van der Waals surface area (Å²) in [5, 5.41) is 0. The number of rotatable bonds is 0. The lowest BCUT2D eigenvalue weighted by atomic mass is 9.56. The Kier molecular flexibility index (Phi) is 7.81. The molecule has 9 rings (SSSR count). The van der Waals surface area contributed by atoms with E-state index in [-0.39, 0.29) is 0 Å². The van der Waals surface area contributed by atoms with E-state index in [1.807, 2.05) is 0 Å². The van der Waals surface area contributed by atoms with Gasteiger partial charge in [0.1, 0.15) is 0 Å². The van der Waals surface area contributed by atoms with Gasteiger partial charge in [0.15, 0.2) is 0 Å². The van der Waals surface area contributed by atoms with Crippen LogP contribution in [0.1, 0.15) is 64.2 Å². The van der Waals surface area contributed by atoms with Crippen molar-refractivity contribution in [2.24, 2.45) is 47.3 Å². The lowest BCUT2D eigenvalue weighted by Gasteiger charge is -2.61. The van der Waals surface area contributed by atoms with Crippen LogP contribution >= 0.6 is 70.6 Å². The Labute approximate surface area is 234 Å². The Bertz CT molecular complexity index is 588. The Morgan fingerprint density at radius 3 is 0.853 bits per heavy atom. The van der Waals surface area contributed by atoms with Crippen LogP contribution in [0.2, 0.25) is 0 Å². The third kappa shape index (κ3) is 4.60. The van der Waals surface area contributed by atoms with Crippen LogP contribution < -0.4 is 0 Å². The summed E-state index contributed by atoms with van der Waals surface area (Å²) in [6.07, 6.45) is 15.8. The third-order valence-corrected chi connectivity index (χ3v) is 21.3. The van der Waals surface area contributed by atoms with Crippen molar-refractivity contribution in [1.82, 2.24) is 0 Å². The molecule has 0 N–H and O–H groups in total. The van der Waals surface area contributed by atoms with Crippen LogP contribution in [0.4, 0.5) is 0 Å². The number of hydrogen-bond acceptors (Lipinski definition) is 6. The molecule has 8 bridgehead atoms. The predicted octanol–water partition coefficient (Wildman–Crippen LogP) is 8.70. The van der Waals surface area contributed by atoms with Gasteiger partial charge in [0, 0.05) is 46.0 Å². The van der Waals surface area contributed by atoms with Crippen LogP contribution in [-0.2, 0) is 0 Å². The minimum absolute atomic E-state index is 0.597. The molecule has 0 unspecified atom stereocenters. The third-order valence-electron chi connectivity index (χ3n) is 10.8. The van der Waals surface area contributed by atoms with Gasteiger partial charge in [0.05, 0.1) is 8.16 Å². The maximum absolute atomic E-state index is 2.46. The first-order valence-corrected chi connectivity index (χ1v) is 20.7. The maximum Gasteiger partial charge on any atom is 0.0668 e. The Morgan fingerprint density at radius 2 is 0.588 bits per heavy atom. The van der Waals surface area contributed by atoms with Crippen molar-refractivity contribution in [3.05, 3.63) is 0 Å². The highest BCUT2D eigenvalue weighted by Crippen LogP contribution is 2.68. The van der Waals surface area contributed by atoms with Crippen molar-refractivity contribution in [3.8, 4) is 0 Å². The smallest absolute Gasteiger partial charge is 0.0668 e. The lowest BCUT2D eigenvalue weighted by molar-refractivity contribution is 0.0154. The SMILES string of the molecule is C1CSC2(SCCSCCSC3(SCCS1)C1CC4CC(C1)CC3C4)C1CC3CC(C1)CC2C3. The molecule has 9 aliphatic rings. The highest BCUT2D eigenvalue weighted by molar-refractivity contribution is 8.19. The molecule has 0 aromatic heterocycles. The predicted molar refractivity (Wildman–Crippen MR) is 164 cm³/mol. The van der Waals surface area contributed by atoms with E-state index in [0.717, 1.165) is 47.3 Å². The minimum Gasteiger partial charge on any atom is -0.160 e. The van der Waals surface area contributed by atoms with E-state index in [2.05, 4.69) is 70.6 Å². The quantitative estimate of drug-likeness (QED) is 0.283. The van der Waals surface area contributed by atoms with Gasteiger partial charge in [-0.25, -0.2) is 0 Å². The molecule has 6 heteroatoms. The van der Waals surface area contributed by atoms with Gasteiger partial charge >= 0.3 is 0 Å². The first-order chi connectivity index (χ1) is 16.7.